The van der Waals surface area contributed by atoms with Crippen LogP contribution in [0, 0.1) is 0 Å². The number of hydrogen-bond donors (Lipinski definition) is 2. The van der Waals surface area contributed by atoms with E-state index in [4.69, 9.17) is 22.5 Å². The first kappa shape index (κ1) is 14.2. The lowest BCUT2D eigenvalue weighted by atomic mass is 10.2. The molecule has 0 atom stereocenters. The molecule has 1 heterocycles. The molecule has 0 aliphatic carbocycles. The van der Waals surface area contributed by atoms with Crippen LogP contribution in [0.1, 0.15) is 5.56 Å². The van der Waals surface area contributed by atoms with Crippen molar-refractivity contribution in [3.8, 4) is 0 Å². The molecule has 0 spiro atoms. The van der Waals surface area contributed by atoms with E-state index in [0.29, 0.717) is 10.6 Å². The number of rotatable bonds is 3. The highest BCUT2D eigenvalue weighted by Crippen LogP contribution is 2.33. The third kappa shape index (κ3) is 3.40. The van der Waals surface area contributed by atoms with Gasteiger partial charge in [-0.25, -0.2) is 4.98 Å². The van der Waals surface area contributed by atoms with Crippen LogP contribution in [-0.2, 0) is 0 Å². The van der Waals surface area contributed by atoms with Crippen molar-refractivity contribution in [1.29, 1.82) is 0 Å². The average molecular weight is 359 g/mol. The fourth-order valence-electron chi connectivity index (χ4n) is 1.38. The van der Waals surface area contributed by atoms with Gasteiger partial charge in [-0.15, -0.1) is 0 Å². The van der Waals surface area contributed by atoms with Crippen molar-refractivity contribution in [1.82, 2.24) is 4.98 Å². The largest absolute Gasteiger partial charge is 0.409 e. The molecule has 0 bridgehead atoms. The van der Waals surface area contributed by atoms with Crippen molar-refractivity contribution in [2.75, 3.05) is 0 Å². The van der Waals surface area contributed by atoms with E-state index in [1.54, 1.807) is 24.4 Å². The highest BCUT2D eigenvalue weighted by Gasteiger charge is 2.08. The number of halogens is 2. The van der Waals surface area contributed by atoms with Crippen molar-refractivity contribution in [3.05, 3.63) is 51.6 Å². The summed E-state index contributed by atoms with van der Waals surface area (Å²) >= 11 is 10.9. The van der Waals surface area contributed by atoms with Gasteiger partial charge in [-0.1, -0.05) is 28.5 Å². The molecule has 3 N–H and O–H groups in total. The summed E-state index contributed by atoms with van der Waals surface area (Å²) in [5, 5.41) is 13.0. The summed E-state index contributed by atoms with van der Waals surface area (Å²) in [7, 11) is 0. The van der Waals surface area contributed by atoms with Crippen molar-refractivity contribution >= 4 is 45.1 Å². The van der Waals surface area contributed by atoms with Gasteiger partial charge in [-0.05, 0) is 46.3 Å². The minimum absolute atomic E-state index is 0.0549. The molecule has 7 heteroatoms. The summed E-state index contributed by atoms with van der Waals surface area (Å²) in [6.45, 7) is 0. The van der Waals surface area contributed by atoms with Crippen molar-refractivity contribution in [3.63, 3.8) is 0 Å². The Morgan fingerprint density at radius 1 is 1.42 bits per heavy atom. The van der Waals surface area contributed by atoms with E-state index < -0.39 is 0 Å². The number of pyridine rings is 1. The van der Waals surface area contributed by atoms with E-state index in [-0.39, 0.29) is 5.84 Å². The zero-order chi connectivity index (χ0) is 13.8. The number of aromatic nitrogens is 1. The van der Waals surface area contributed by atoms with Gasteiger partial charge in [0.05, 0.1) is 5.02 Å². The van der Waals surface area contributed by atoms with Crippen LogP contribution in [0.25, 0.3) is 0 Å². The Bertz CT molecular complexity index is 636. The van der Waals surface area contributed by atoms with Crippen LogP contribution in [0.15, 0.2) is 56.1 Å². The highest BCUT2D eigenvalue weighted by molar-refractivity contribution is 9.10. The fraction of sp³-hybridized carbons (Fsp3) is 0. The maximum atomic E-state index is 8.66. The molecule has 0 saturated carbocycles. The summed E-state index contributed by atoms with van der Waals surface area (Å²) in [6, 6.07) is 9.05. The summed E-state index contributed by atoms with van der Waals surface area (Å²) in [4.78, 5) is 5.15. The minimum Gasteiger partial charge on any atom is -0.409 e. The molecular formula is C12H9BrClN3OS. The van der Waals surface area contributed by atoms with Crippen molar-refractivity contribution in [2.24, 2.45) is 10.9 Å². The van der Waals surface area contributed by atoms with Crippen LogP contribution in [-0.4, -0.2) is 16.0 Å². The topological polar surface area (TPSA) is 71.5 Å². The number of nitrogens with zero attached hydrogens (tertiary/aromatic N) is 2. The Morgan fingerprint density at radius 2 is 2.21 bits per heavy atom. The first-order chi connectivity index (χ1) is 9.11. The quantitative estimate of drug-likeness (QED) is 0.379. The third-order valence-corrected chi connectivity index (χ3v) is 4.34. The van der Waals surface area contributed by atoms with E-state index in [0.717, 1.165) is 14.4 Å². The molecular weight excluding hydrogens is 350 g/mol. The van der Waals surface area contributed by atoms with Gasteiger partial charge in [-0.2, -0.15) is 0 Å². The standard InChI is InChI=1S/C12H9BrClN3OS/c13-9-6-7(3-4-8(9)11(15)17-18)19-12-10(14)2-1-5-16-12/h1-6,18H,(H2,15,17). The molecule has 0 fully saturated rings. The summed E-state index contributed by atoms with van der Waals surface area (Å²) < 4.78 is 0.736. The lowest BCUT2D eigenvalue weighted by Crippen LogP contribution is -2.13. The minimum atomic E-state index is 0.0549. The molecule has 0 unspecified atom stereocenters. The molecule has 0 radical (unpaired) electrons. The molecule has 1 aromatic carbocycles. The SMILES string of the molecule is N/C(=N/O)c1ccc(Sc2ncccc2Cl)cc1Br. The van der Waals surface area contributed by atoms with Gasteiger partial charge in [0.1, 0.15) is 5.03 Å². The first-order valence-corrected chi connectivity index (χ1v) is 7.16. The van der Waals surface area contributed by atoms with Crippen LogP contribution >= 0.6 is 39.3 Å². The van der Waals surface area contributed by atoms with Gasteiger partial charge < -0.3 is 10.9 Å². The maximum Gasteiger partial charge on any atom is 0.171 e. The monoisotopic (exact) mass is 357 g/mol. The Morgan fingerprint density at radius 3 is 2.84 bits per heavy atom. The molecule has 0 aliphatic rings. The molecule has 0 saturated heterocycles. The Kier molecular flexibility index (Phi) is 4.68. The lowest BCUT2D eigenvalue weighted by Gasteiger charge is -2.06. The predicted octanol–water partition coefficient (Wildman–Crippen LogP) is 3.74. The Balaban J connectivity index is 2.29. The van der Waals surface area contributed by atoms with Crippen molar-refractivity contribution < 1.29 is 5.21 Å². The number of oxime groups is 1. The lowest BCUT2D eigenvalue weighted by molar-refractivity contribution is 0.318. The molecule has 4 nitrogen and oxygen atoms in total. The van der Waals surface area contributed by atoms with E-state index in [1.807, 2.05) is 12.1 Å². The summed E-state index contributed by atoms with van der Waals surface area (Å²) in [5.41, 5.74) is 6.18. The van der Waals surface area contributed by atoms with Gasteiger partial charge in [0.15, 0.2) is 5.84 Å². The van der Waals surface area contributed by atoms with Crippen LogP contribution in [0.2, 0.25) is 5.02 Å². The zero-order valence-corrected chi connectivity index (χ0v) is 12.7. The normalized spacial score (nSPS) is 11.6. The number of hydrogen-bond acceptors (Lipinski definition) is 4. The predicted molar refractivity (Wildman–Crippen MR) is 80.0 cm³/mol. The van der Waals surface area contributed by atoms with Crippen LogP contribution in [0.3, 0.4) is 0 Å². The second-order valence-corrected chi connectivity index (χ2v) is 5.84. The van der Waals surface area contributed by atoms with Gasteiger partial charge >= 0.3 is 0 Å². The fourth-order valence-corrected chi connectivity index (χ4v) is 3.16. The molecule has 0 amide bonds. The van der Waals surface area contributed by atoms with E-state index >= 15 is 0 Å². The summed E-state index contributed by atoms with van der Waals surface area (Å²) in [5.74, 6) is 0.0549. The molecule has 19 heavy (non-hydrogen) atoms. The highest BCUT2D eigenvalue weighted by atomic mass is 79.9. The van der Waals surface area contributed by atoms with Crippen molar-refractivity contribution in [2.45, 2.75) is 9.92 Å². The van der Waals surface area contributed by atoms with Gasteiger partial charge in [-0.3, -0.25) is 0 Å². The van der Waals surface area contributed by atoms with Crippen LogP contribution in [0.5, 0.6) is 0 Å². The van der Waals surface area contributed by atoms with E-state index in [9.17, 15) is 0 Å². The Labute approximate surface area is 127 Å². The maximum absolute atomic E-state index is 8.66. The van der Waals surface area contributed by atoms with Gasteiger partial charge in [0.2, 0.25) is 0 Å². The van der Waals surface area contributed by atoms with Crippen LogP contribution < -0.4 is 5.73 Å². The van der Waals surface area contributed by atoms with E-state index in [1.165, 1.54) is 11.8 Å². The van der Waals surface area contributed by atoms with Gasteiger partial charge in [0, 0.05) is 21.1 Å². The van der Waals surface area contributed by atoms with Gasteiger partial charge in [0.25, 0.3) is 0 Å². The first-order valence-electron chi connectivity index (χ1n) is 5.17. The van der Waals surface area contributed by atoms with Crippen LogP contribution in [0.4, 0.5) is 0 Å². The molecule has 2 aromatic rings. The zero-order valence-electron chi connectivity index (χ0n) is 9.55. The molecule has 0 aliphatic heterocycles. The Hall–Kier alpha value is -1.24. The van der Waals surface area contributed by atoms with E-state index in [2.05, 4.69) is 26.1 Å². The second-order valence-electron chi connectivity index (χ2n) is 3.52. The summed E-state index contributed by atoms with van der Waals surface area (Å²) in [6.07, 6.45) is 1.69. The molecule has 98 valence electrons. The molecule has 1 aromatic heterocycles. The average Bonchev–Trinajstić information content (AvgIpc) is 2.41. The number of benzene rings is 1. The third-order valence-electron chi connectivity index (χ3n) is 2.26. The number of nitrogens with two attached hydrogens (primary N) is 1. The second kappa shape index (κ2) is 6.27. The molecule has 2 rings (SSSR count). The number of amidine groups is 1. The smallest absolute Gasteiger partial charge is 0.171 e.